The Labute approximate surface area is 120 Å². The molecular formula is C13H6F4N2O3. The minimum Gasteiger partial charge on any atom is -0.322 e. The summed E-state index contributed by atoms with van der Waals surface area (Å²) in [4.78, 5) is 21.1. The van der Waals surface area contributed by atoms with E-state index in [0.717, 1.165) is 12.1 Å². The molecule has 0 fully saturated rings. The van der Waals surface area contributed by atoms with Gasteiger partial charge >= 0.3 is 5.69 Å². The van der Waals surface area contributed by atoms with Gasteiger partial charge in [-0.1, -0.05) is 6.07 Å². The smallest absolute Gasteiger partial charge is 0.308 e. The van der Waals surface area contributed by atoms with Gasteiger partial charge in [0.2, 0.25) is 11.6 Å². The minimum absolute atomic E-state index is 0.0863. The monoisotopic (exact) mass is 314 g/mol. The van der Waals surface area contributed by atoms with Crippen molar-refractivity contribution in [2.45, 2.75) is 0 Å². The molecule has 0 aliphatic rings. The quantitative estimate of drug-likeness (QED) is 0.408. The van der Waals surface area contributed by atoms with Crippen molar-refractivity contribution in [3.63, 3.8) is 0 Å². The number of nitro benzene ring substituents is 1. The van der Waals surface area contributed by atoms with Crippen LogP contribution >= 0.6 is 0 Å². The summed E-state index contributed by atoms with van der Waals surface area (Å²) in [7, 11) is 0. The van der Waals surface area contributed by atoms with Crippen molar-refractivity contribution in [1.82, 2.24) is 0 Å². The zero-order chi connectivity index (χ0) is 16.4. The maximum absolute atomic E-state index is 13.6. The normalized spacial score (nSPS) is 10.4. The van der Waals surface area contributed by atoms with E-state index in [2.05, 4.69) is 0 Å². The first kappa shape index (κ1) is 15.4. The first-order valence-corrected chi connectivity index (χ1v) is 5.70. The van der Waals surface area contributed by atoms with Crippen molar-refractivity contribution in [3.05, 3.63) is 69.3 Å². The van der Waals surface area contributed by atoms with E-state index in [1.54, 1.807) is 0 Å². The molecule has 0 saturated heterocycles. The summed E-state index contributed by atoms with van der Waals surface area (Å²) in [6.07, 6.45) is 0. The zero-order valence-corrected chi connectivity index (χ0v) is 10.6. The summed E-state index contributed by atoms with van der Waals surface area (Å²) >= 11 is 0. The van der Waals surface area contributed by atoms with Gasteiger partial charge in [0.1, 0.15) is 5.82 Å². The van der Waals surface area contributed by atoms with E-state index in [9.17, 15) is 32.5 Å². The largest absolute Gasteiger partial charge is 0.322 e. The van der Waals surface area contributed by atoms with Crippen LogP contribution in [0.1, 0.15) is 10.4 Å². The van der Waals surface area contributed by atoms with Crippen LogP contribution in [0.2, 0.25) is 0 Å². The molecule has 1 N–H and O–H groups in total. The van der Waals surface area contributed by atoms with Gasteiger partial charge in [-0.2, -0.15) is 4.39 Å². The zero-order valence-electron chi connectivity index (χ0n) is 10.6. The number of halogens is 4. The van der Waals surface area contributed by atoms with Crippen molar-refractivity contribution in [3.8, 4) is 0 Å². The fourth-order valence-corrected chi connectivity index (χ4v) is 1.65. The van der Waals surface area contributed by atoms with Crippen molar-refractivity contribution in [1.29, 1.82) is 0 Å². The number of amides is 1. The third kappa shape index (κ3) is 2.87. The second kappa shape index (κ2) is 5.80. The highest BCUT2D eigenvalue weighted by molar-refractivity contribution is 6.04. The highest BCUT2D eigenvalue weighted by Crippen LogP contribution is 2.26. The molecule has 2 aromatic carbocycles. The van der Waals surface area contributed by atoms with Gasteiger partial charge in [-0.05, 0) is 18.2 Å². The molecule has 2 aromatic rings. The molecule has 2 rings (SSSR count). The predicted molar refractivity (Wildman–Crippen MR) is 67.3 cm³/mol. The molecule has 0 unspecified atom stereocenters. The van der Waals surface area contributed by atoms with E-state index in [1.807, 2.05) is 5.32 Å². The second-order valence-electron chi connectivity index (χ2n) is 4.11. The fraction of sp³-hybridized carbons (Fsp3) is 0. The molecule has 9 heteroatoms. The van der Waals surface area contributed by atoms with Crippen molar-refractivity contribution < 1.29 is 27.3 Å². The molecule has 5 nitrogen and oxygen atoms in total. The van der Waals surface area contributed by atoms with Crippen LogP contribution in [0.25, 0.3) is 0 Å². The Morgan fingerprint density at radius 2 is 1.73 bits per heavy atom. The molecule has 22 heavy (non-hydrogen) atoms. The van der Waals surface area contributed by atoms with Crippen LogP contribution in [-0.4, -0.2) is 10.8 Å². The van der Waals surface area contributed by atoms with Crippen LogP contribution in [0.3, 0.4) is 0 Å². The van der Waals surface area contributed by atoms with Crippen molar-refractivity contribution in [2.75, 3.05) is 5.32 Å². The van der Waals surface area contributed by atoms with E-state index >= 15 is 0 Å². The third-order valence-electron chi connectivity index (χ3n) is 2.65. The summed E-state index contributed by atoms with van der Waals surface area (Å²) in [6, 6.07) is 4.74. The number of nitrogens with zero attached hydrogens (tertiary/aromatic N) is 1. The Kier molecular flexibility index (Phi) is 4.06. The molecule has 0 heterocycles. The third-order valence-corrected chi connectivity index (χ3v) is 2.65. The fourth-order valence-electron chi connectivity index (χ4n) is 1.65. The number of nitrogens with one attached hydrogen (secondary N) is 1. The number of nitro groups is 1. The van der Waals surface area contributed by atoms with E-state index in [4.69, 9.17) is 0 Å². The van der Waals surface area contributed by atoms with E-state index < -0.39 is 45.4 Å². The van der Waals surface area contributed by atoms with Crippen LogP contribution in [0.5, 0.6) is 0 Å². The maximum atomic E-state index is 13.6. The lowest BCUT2D eigenvalue weighted by Gasteiger charge is -2.07. The lowest BCUT2D eigenvalue weighted by atomic mass is 10.1. The number of carbonyl (C=O) groups excluding carboxylic acids is 1. The SMILES string of the molecule is O=C(Nc1cccc(F)c1)c1cc([N+](=O)[O-])c(F)c(F)c1F. The first-order chi connectivity index (χ1) is 10.3. The Morgan fingerprint density at radius 1 is 1.05 bits per heavy atom. The standard InChI is InChI=1S/C13H6F4N2O3/c14-6-2-1-3-7(4-6)18-13(20)8-5-9(19(21)22)11(16)12(17)10(8)15/h1-5H,(H,18,20). The number of hydrogen-bond acceptors (Lipinski definition) is 3. The van der Waals surface area contributed by atoms with Gasteiger partial charge in [-0.25, -0.2) is 13.2 Å². The molecule has 0 aliphatic heterocycles. The Morgan fingerprint density at radius 3 is 2.32 bits per heavy atom. The van der Waals surface area contributed by atoms with Crippen LogP contribution in [0.4, 0.5) is 28.9 Å². The lowest BCUT2D eigenvalue weighted by molar-refractivity contribution is -0.387. The molecule has 114 valence electrons. The Hall–Kier alpha value is -2.97. The van der Waals surface area contributed by atoms with E-state index in [-0.39, 0.29) is 11.8 Å². The second-order valence-corrected chi connectivity index (χ2v) is 4.11. The summed E-state index contributed by atoms with van der Waals surface area (Å²) in [5.41, 5.74) is -2.55. The van der Waals surface area contributed by atoms with Gasteiger partial charge in [0.05, 0.1) is 10.5 Å². The van der Waals surface area contributed by atoms with Crippen molar-refractivity contribution in [2.24, 2.45) is 0 Å². The lowest BCUT2D eigenvalue weighted by Crippen LogP contribution is -2.16. The van der Waals surface area contributed by atoms with Crippen LogP contribution in [0, 0.1) is 33.4 Å². The van der Waals surface area contributed by atoms with Crippen LogP contribution in [0.15, 0.2) is 30.3 Å². The summed E-state index contributed by atoms with van der Waals surface area (Å²) in [5, 5.41) is 12.6. The average molecular weight is 314 g/mol. The summed E-state index contributed by atoms with van der Waals surface area (Å²) in [5.74, 6) is -8.01. The topological polar surface area (TPSA) is 72.2 Å². The maximum Gasteiger partial charge on any atom is 0.308 e. The molecule has 0 bridgehead atoms. The number of rotatable bonds is 3. The van der Waals surface area contributed by atoms with Crippen molar-refractivity contribution >= 4 is 17.3 Å². The molecule has 0 aromatic heterocycles. The molecule has 1 amide bonds. The molecular weight excluding hydrogens is 308 g/mol. The Bertz CT molecular complexity index is 780. The highest BCUT2D eigenvalue weighted by Gasteiger charge is 2.28. The average Bonchev–Trinajstić information content (AvgIpc) is 2.44. The molecule has 0 aliphatic carbocycles. The van der Waals surface area contributed by atoms with Gasteiger partial charge < -0.3 is 5.32 Å². The first-order valence-electron chi connectivity index (χ1n) is 5.70. The summed E-state index contributed by atoms with van der Waals surface area (Å²) < 4.78 is 53.0. The number of carbonyl (C=O) groups is 1. The summed E-state index contributed by atoms with van der Waals surface area (Å²) in [6.45, 7) is 0. The number of hydrogen-bond donors (Lipinski definition) is 1. The highest BCUT2D eigenvalue weighted by atomic mass is 19.2. The van der Waals surface area contributed by atoms with Gasteiger partial charge in [-0.15, -0.1) is 0 Å². The van der Waals surface area contributed by atoms with Gasteiger partial charge in [-0.3, -0.25) is 14.9 Å². The Balaban J connectivity index is 2.43. The van der Waals surface area contributed by atoms with E-state index in [0.29, 0.717) is 0 Å². The molecule has 0 saturated carbocycles. The minimum atomic E-state index is -2.14. The van der Waals surface area contributed by atoms with Gasteiger partial charge in [0.15, 0.2) is 5.82 Å². The molecule has 0 spiro atoms. The van der Waals surface area contributed by atoms with E-state index in [1.165, 1.54) is 12.1 Å². The van der Waals surface area contributed by atoms with Gasteiger partial charge in [0.25, 0.3) is 5.91 Å². The molecule has 0 radical (unpaired) electrons. The number of anilines is 1. The van der Waals surface area contributed by atoms with Crippen LogP contribution < -0.4 is 5.32 Å². The van der Waals surface area contributed by atoms with Crippen LogP contribution in [-0.2, 0) is 0 Å². The number of benzene rings is 2. The molecule has 0 atom stereocenters. The van der Waals surface area contributed by atoms with Gasteiger partial charge in [0, 0.05) is 11.8 Å². The predicted octanol–water partition coefficient (Wildman–Crippen LogP) is 3.40.